The molecule has 0 bridgehead atoms. The first kappa shape index (κ1) is 18.2. The van der Waals surface area contributed by atoms with Gasteiger partial charge in [-0.1, -0.05) is 6.07 Å². The molecule has 2 aliphatic heterocycles. The van der Waals surface area contributed by atoms with E-state index in [9.17, 15) is 9.59 Å². The van der Waals surface area contributed by atoms with Gasteiger partial charge in [-0.2, -0.15) is 0 Å². The number of aromatic nitrogens is 3. The Hall–Kier alpha value is -2.84. The maximum Gasteiger partial charge on any atom is 0.270 e. The number of nitrogens with one attached hydrogen (secondary N) is 1. The lowest BCUT2D eigenvalue weighted by Crippen LogP contribution is -2.48. The lowest BCUT2D eigenvalue weighted by molar-refractivity contribution is -0.0926. The highest BCUT2D eigenvalue weighted by Gasteiger charge is 2.43. The van der Waals surface area contributed by atoms with Crippen LogP contribution >= 0.6 is 11.3 Å². The van der Waals surface area contributed by atoms with E-state index in [0.29, 0.717) is 25.4 Å². The Labute approximate surface area is 171 Å². The number of fused-ring (bicyclic) bond motifs is 2. The molecule has 29 heavy (non-hydrogen) atoms. The van der Waals surface area contributed by atoms with Crippen LogP contribution in [0.2, 0.25) is 0 Å². The van der Waals surface area contributed by atoms with E-state index in [-0.39, 0.29) is 17.1 Å². The number of H-pyrrole nitrogens is 1. The van der Waals surface area contributed by atoms with Crippen LogP contribution in [0.3, 0.4) is 0 Å². The van der Waals surface area contributed by atoms with Crippen molar-refractivity contribution in [2.24, 2.45) is 0 Å². The number of piperidine rings is 1. The Kier molecular flexibility index (Phi) is 4.52. The monoisotopic (exact) mass is 408 g/mol. The van der Waals surface area contributed by atoms with Gasteiger partial charge >= 0.3 is 0 Å². The number of aromatic amines is 1. The maximum atomic E-state index is 12.8. The molecule has 7 nitrogen and oxygen atoms in total. The SMILES string of the molecule is O=C(c1cccc(=O)[nH]1)N1CCC2(CC1)OCCc1sc(-c3cnccn3)cc12. The summed E-state index contributed by atoms with van der Waals surface area (Å²) in [4.78, 5) is 39.7. The molecule has 2 aliphatic rings. The number of ether oxygens (including phenoxy) is 1. The summed E-state index contributed by atoms with van der Waals surface area (Å²) in [5.41, 5.74) is 1.82. The van der Waals surface area contributed by atoms with Crippen LogP contribution in [-0.2, 0) is 16.8 Å². The topological polar surface area (TPSA) is 88.2 Å². The standard InChI is InChI=1S/C21H20N4O3S/c26-19-3-1-2-15(24-19)20(27)25-9-5-21(6-10-25)14-12-18(16-13-22-7-8-23-16)29-17(14)4-11-28-21/h1-3,7-8,12-13H,4-6,9-11H2,(H,24,26). The number of carbonyl (C=O) groups excluding carboxylic acids is 1. The predicted octanol–water partition coefficient (Wildman–Crippen LogP) is 2.60. The minimum Gasteiger partial charge on any atom is -0.370 e. The minimum absolute atomic E-state index is 0.140. The number of pyridine rings is 1. The first-order chi connectivity index (χ1) is 14.1. The zero-order valence-electron chi connectivity index (χ0n) is 15.8. The molecule has 3 aromatic heterocycles. The molecule has 1 saturated heterocycles. The number of hydrogen-bond donors (Lipinski definition) is 1. The van der Waals surface area contributed by atoms with Gasteiger partial charge in [0, 0.05) is 42.8 Å². The quantitative estimate of drug-likeness (QED) is 0.704. The Morgan fingerprint density at radius 3 is 2.86 bits per heavy atom. The van der Waals surface area contributed by atoms with Crippen molar-refractivity contribution < 1.29 is 9.53 Å². The molecule has 0 radical (unpaired) electrons. The molecule has 1 N–H and O–H groups in total. The number of rotatable bonds is 2. The Morgan fingerprint density at radius 1 is 1.24 bits per heavy atom. The van der Waals surface area contributed by atoms with Crippen molar-refractivity contribution in [1.29, 1.82) is 0 Å². The molecule has 1 amide bonds. The van der Waals surface area contributed by atoms with Crippen LogP contribution in [0.15, 0.2) is 47.7 Å². The molecule has 148 valence electrons. The number of thiophene rings is 1. The third-order valence-corrected chi connectivity index (χ3v) is 6.90. The van der Waals surface area contributed by atoms with Gasteiger partial charge in [-0.3, -0.25) is 19.6 Å². The van der Waals surface area contributed by atoms with Crippen molar-refractivity contribution in [2.75, 3.05) is 19.7 Å². The smallest absolute Gasteiger partial charge is 0.270 e. The fraction of sp³-hybridized carbons (Fsp3) is 0.333. The van der Waals surface area contributed by atoms with Crippen LogP contribution < -0.4 is 5.56 Å². The molecule has 0 saturated carbocycles. The third kappa shape index (κ3) is 3.28. The number of hydrogen-bond acceptors (Lipinski definition) is 6. The number of amides is 1. The van der Waals surface area contributed by atoms with Crippen molar-refractivity contribution in [1.82, 2.24) is 19.9 Å². The molecule has 3 aromatic rings. The molecule has 1 spiro atoms. The summed E-state index contributed by atoms with van der Waals surface area (Å²) in [6, 6.07) is 6.85. The highest BCUT2D eigenvalue weighted by Crippen LogP contribution is 2.46. The molecule has 5 heterocycles. The van der Waals surface area contributed by atoms with Gasteiger partial charge in [-0.05, 0) is 30.5 Å². The number of nitrogens with zero attached hydrogens (tertiary/aromatic N) is 3. The summed E-state index contributed by atoms with van der Waals surface area (Å²) in [6.07, 6.45) is 7.54. The van der Waals surface area contributed by atoms with E-state index in [4.69, 9.17) is 4.74 Å². The average molecular weight is 408 g/mol. The zero-order valence-corrected chi connectivity index (χ0v) is 16.6. The molecule has 0 aromatic carbocycles. The minimum atomic E-state index is -0.356. The first-order valence-electron chi connectivity index (χ1n) is 9.67. The van der Waals surface area contributed by atoms with Gasteiger partial charge in [0.15, 0.2) is 0 Å². The van der Waals surface area contributed by atoms with Gasteiger partial charge in [-0.25, -0.2) is 0 Å². The van der Waals surface area contributed by atoms with Crippen LogP contribution in [0.5, 0.6) is 0 Å². The molecule has 5 rings (SSSR count). The average Bonchev–Trinajstić information content (AvgIpc) is 3.21. The summed E-state index contributed by atoms with van der Waals surface area (Å²) in [6.45, 7) is 1.87. The van der Waals surface area contributed by atoms with Crippen molar-refractivity contribution in [3.8, 4) is 10.6 Å². The lowest BCUT2D eigenvalue weighted by atomic mass is 9.82. The second-order valence-corrected chi connectivity index (χ2v) is 8.49. The first-order valence-corrected chi connectivity index (χ1v) is 10.5. The second kappa shape index (κ2) is 7.20. The van der Waals surface area contributed by atoms with E-state index in [0.717, 1.165) is 29.8 Å². The molecule has 0 aliphatic carbocycles. The molecule has 0 unspecified atom stereocenters. The van der Waals surface area contributed by atoms with Gasteiger partial charge < -0.3 is 14.6 Å². The van der Waals surface area contributed by atoms with Crippen LogP contribution in [0.1, 0.15) is 33.8 Å². The summed E-state index contributed by atoms with van der Waals surface area (Å²) in [5.74, 6) is -0.140. The largest absolute Gasteiger partial charge is 0.370 e. The van der Waals surface area contributed by atoms with Crippen molar-refractivity contribution in [3.63, 3.8) is 0 Å². The van der Waals surface area contributed by atoms with E-state index < -0.39 is 0 Å². The van der Waals surface area contributed by atoms with E-state index in [1.54, 1.807) is 47.0 Å². The molecule has 8 heteroatoms. The van der Waals surface area contributed by atoms with Crippen molar-refractivity contribution in [2.45, 2.75) is 24.9 Å². The fourth-order valence-corrected chi connectivity index (χ4v) is 5.39. The zero-order chi connectivity index (χ0) is 19.8. The van der Waals surface area contributed by atoms with Crippen LogP contribution in [0.4, 0.5) is 0 Å². The third-order valence-electron chi connectivity index (χ3n) is 5.68. The van der Waals surface area contributed by atoms with Gasteiger partial charge in [-0.15, -0.1) is 11.3 Å². The highest BCUT2D eigenvalue weighted by atomic mass is 32.1. The van der Waals surface area contributed by atoms with E-state index in [2.05, 4.69) is 21.0 Å². The predicted molar refractivity (Wildman–Crippen MR) is 109 cm³/mol. The normalized spacial score (nSPS) is 17.9. The van der Waals surface area contributed by atoms with E-state index in [1.807, 2.05) is 0 Å². The Bertz CT molecular complexity index is 1100. The Balaban J connectivity index is 1.38. The van der Waals surface area contributed by atoms with Crippen molar-refractivity contribution >= 4 is 17.2 Å². The molecule has 0 atom stereocenters. The summed E-state index contributed by atoms with van der Waals surface area (Å²) in [7, 11) is 0. The van der Waals surface area contributed by atoms with E-state index >= 15 is 0 Å². The van der Waals surface area contributed by atoms with Crippen LogP contribution in [0.25, 0.3) is 10.6 Å². The summed E-state index contributed by atoms with van der Waals surface area (Å²) < 4.78 is 6.31. The Morgan fingerprint density at radius 2 is 2.10 bits per heavy atom. The van der Waals surface area contributed by atoms with E-state index in [1.165, 1.54) is 16.5 Å². The summed E-state index contributed by atoms with van der Waals surface area (Å²) >= 11 is 1.76. The number of carbonyl (C=O) groups is 1. The van der Waals surface area contributed by atoms with Crippen molar-refractivity contribution in [3.05, 3.63) is 69.3 Å². The van der Waals surface area contributed by atoms with Crippen LogP contribution in [0, 0.1) is 0 Å². The molecule has 1 fully saturated rings. The van der Waals surface area contributed by atoms with Crippen LogP contribution in [-0.4, -0.2) is 45.5 Å². The molecular weight excluding hydrogens is 388 g/mol. The maximum absolute atomic E-state index is 12.8. The van der Waals surface area contributed by atoms with Gasteiger partial charge in [0.2, 0.25) is 5.56 Å². The molecular formula is C21H20N4O3S. The van der Waals surface area contributed by atoms with Gasteiger partial charge in [0.05, 0.1) is 29.0 Å². The van der Waals surface area contributed by atoms with Gasteiger partial charge in [0.25, 0.3) is 5.91 Å². The lowest BCUT2D eigenvalue weighted by Gasteiger charge is -2.44. The summed E-state index contributed by atoms with van der Waals surface area (Å²) in [5, 5.41) is 0. The number of likely N-dealkylation sites (tertiary alicyclic amines) is 1. The second-order valence-electron chi connectivity index (χ2n) is 7.35. The highest BCUT2D eigenvalue weighted by molar-refractivity contribution is 7.15. The fourth-order valence-electron chi connectivity index (χ4n) is 4.20. The van der Waals surface area contributed by atoms with Gasteiger partial charge in [0.1, 0.15) is 5.69 Å².